The lowest BCUT2D eigenvalue weighted by molar-refractivity contribution is -0.0215. The Morgan fingerprint density at radius 3 is 1.08 bits per heavy atom. The third-order valence-corrected chi connectivity index (χ3v) is 2.44. The Balaban J connectivity index is 4.08. The molecule has 0 amide bonds. The molecule has 74 valence electrons. The van der Waals surface area contributed by atoms with Crippen molar-refractivity contribution < 1.29 is 10.2 Å². The van der Waals surface area contributed by atoms with Crippen LogP contribution in [0.3, 0.4) is 0 Å². The molecule has 12 heavy (non-hydrogen) atoms. The standard InChI is InChI=1S/C10H22O2/c1-6(2)9(11)8(5)10(12)7(3)4/h6-12H,1-5H3/t9-,10-/m1/s1. The molecule has 0 unspecified atom stereocenters. The van der Waals surface area contributed by atoms with E-state index in [1.807, 2.05) is 34.6 Å². The Morgan fingerprint density at radius 2 is 0.917 bits per heavy atom. The van der Waals surface area contributed by atoms with Crippen molar-refractivity contribution in [2.24, 2.45) is 17.8 Å². The maximum absolute atomic E-state index is 9.65. The first kappa shape index (κ1) is 11.9. The lowest BCUT2D eigenvalue weighted by Gasteiger charge is -2.28. The van der Waals surface area contributed by atoms with Crippen LogP contribution in [0.1, 0.15) is 34.6 Å². The fourth-order valence-electron chi connectivity index (χ4n) is 1.42. The summed E-state index contributed by atoms with van der Waals surface area (Å²) in [6.45, 7) is 9.76. The predicted molar refractivity (Wildman–Crippen MR) is 50.9 cm³/mol. The molecule has 0 aliphatic carbocycles. The van der Waals surface area contributed by atoms with Gasteiger partial charge in [0, 0.05) is 5.92 Å². The molecule has 0 aliphatic rings. The van der Waals surface area contributed by atoms with Crippen LogP contribution in [0.2, 0.25) is 0 Å². The van der Waals surface area contributed by atoms with Gasteiger partial charge in [-0.1, -0.05) is 34.6 Å². The van der Waals surface area contributed by atoms with E-state index in [1.165, 1.54) is 0 Å². The summed E-state index contributed by atoms with van der Waals surface area (Å²) in [5, 5.41) is 19.3. The Kier molecular flexibility index (Phi) is 4.80. The Hall–Kier alpha value is -0.0800. The molecular weight excluding hydrogens is 152 g/mol. The van der Waals surface area contributed by atoms with E-state index in [-0.39, 0.29) is 17.8 Å². The van der Waals surface area contributed by atoms with E-state index < -0.39 is 12.2 Å². The maximum Gasteiger partial charge on any atom is 0.0613 e. The summed E-state index contributed by atoms with van der Waals surface area (Å²) >= 11 is 0. The van der Waals surface area contributed by atoms with Crippen LogP contribution in [0, 0.1) is 17.8 Å². The first-order valence-electron chi connectivity index (χ1n) is 4.74. The molecule has 2 heteroatoms. The normalized spacial score (nSPS) is 19.8. The highest BCUT2D eigenvalue weighted by Gasteiger charge is 2.26. The molecule has 0 aromatic carbocycles. The second-order valence-corrected chi connectivity index (χ2v) is 4.33. The predicted octanol–water partition coefficient (Wildman–Crippen LogP) is 1.66. The topological polar surface area (TPSA) is 40.5 Å². The van der Waals surface area contributed by atoms with Crippen LogP contribution in [0.5, 0.6) is 0 Å². The lowest BCUT2D eigenvalue weighted by Crippen LogP contribution is -2.35. The third-order valence-electron chi connectivity index (χ3n) is 2.44. The van der Waals surface area contributed by atoms with Gasteiger partial charge in [-0.05, 0) is 11.8 Å². The molecule has 0 spiro atoms. The minimum Gasteiger partial charge on any atom is -0.392 e. The third kappa shape index (κ3) is 3.11. The summed E-state index contributed by atoms with van der Waals surface area (Å²) in [5.74, 6) is 0.395. The van der Waals surface area contributed by atoms with Crippen LogP contribution in [0.15, 0.2) is 0 Å². The smallest absolute Gasteiger partial charge is 0.0613 e. The molecule has 2 atom stereocenters. The van der Waals surface area contributed by atoms with Gasteiger partial charge in [-0.25, -0.2) is 0 Å². The van der Waals surface area contributed by atoms with E-state index in [0.29, 0.717) is 0 Å². The van der Waals surface area contributed by atoms with Crippen molar-refractivity contribution in [1.29, 1.82) is 0 Å². The number of hydrogen-bond acceptors (Lipinski definition) is 2. The zero-order chi connectivity index (χ0) is 9.89. The first-order valence-corrected chi connectivity index (χ1v) is 4.74. The molecule has 0 heterocycles. The second kappa shape index (κ2) is 4.83. The number of hydrogen-bond donors (Lipinski definition) is 2. The van der Waals surface area contributed by atoms with Gasteiger partial charge in [-0.15, -0.1) is 0 Å². The highest BCUT2D eigenvalue weighted by molar-refractivity contribution is 4.76. The van der Waals surface area contributed by atoms with Gasteiger partial charge in [-0.3, -0.25) is 0 Å². The van der Waals surface area contributed by atoms with E-state index >= 15 is 0 Å². The molecular formula is C10H22O2. The van der Waals surface area contributed by atoms with Gasteiger partial charge in [0.25, 0.3) is 0 Å². The summed E-state index contributed by atoms with van der Waals surface area (Å²) in [6.07, 6.45) is -0.801. The number of aliphatic hydroxyl groups is 2. The maximum atomic E-state index is 9.65. The Labute approximate surface area is 75.6 Å². The van der Waals surface area contributed by atoms with Gasteiger partial charge in [0.2, 0.25) is 0 Å². The molecule has 0 rings (SSSR count). The summed E-state index contributed by atoms with van der Waals surface area (Å²) in [4.78, 5) is 0. The van der Waals surface area contributed by atoms with Gasteiger partial charge in [0.15, 0.2) is 0 Å². The van der Waals surface area contributed by atoms with Crippen molar-refractivity contribution >= 4 is 0 Å². The van der Waals surface area contributed by atoms with Gasteiger partial charge >= 0.3 is 0 Å². The molecule has 0 radical (unpaired) electrons. The average molecular weight is 174 g/mol. The van der Waals surface area contributed by atoms with Crippen LogP contribution < -0.4 is 0 Å². The van der Waals surface area contributed by atoms with Crippen LogP contribution in [0.4, 0.5) is 0 Å². The van der Waals surface area contributed by atoms with Crippen molar-refractivity contribution in [3.63, 3.8) is 0 Å². The zero-order valence-electron chi connectivity index (χ0n) is 8.78. The van der Waals surface area contributed by atoms with Crippen LogP contribution in [-0.4, -0.2) is 22.4 Å². The van der Waals surface area contributed by atoms with E-state index in [2.05, 4.69) is 0 Å². The van der Waals surface area contributed by atoms with E-state index in [4.69, 9.17) is 0 Å². The first-order chi connectivity index (χ1) is 5.37. The molecule has 0 bridgehead atoms. The quantitative estimate of drug-likeness (QED) is 0.680. The van der Waals surface area contributed by atoms with Crippen molar-refractivity contribution in [2.75, 3.05) is 0 Å². The van der Waals surface area contributed by atoms with E-state index in [1.54, 1.807) is 0 Å². The number of aliphatic hydroxyl groups excluding tert-OH is 2. The summed E-state index contributed by atoms with van der Waals surface area (Å²) in [5.41, 5.74) is 0. The lowest BCUT2D eigenvalue weighted by atomic mass is 9.86. The van der Waals surface area contributed by atoms with E-state index in [0.717, 1.165) is 0 Å². The second-order valence-electron chi connectivity index (χ2n) is 4.33. The highest BCUT2D eigenvalue weighted by Crippen LogP contribution is 2.20. The molecule has 0 saturated carbocycles. The summed E-state index contributed by atoms with van der Waals surface area (Å²) < 4.78 is 0. The van der Waals surface area contributed by atoms with Crippen molar-refractivity contribution in [1.82, 2.24) is 0 Å². The SMILES string of the molecule is CC(C)[C@@H](O)C(C)[C@H](O)C(C)C. The molecule has 0 saturated heterocycles. The van der Waals surface area contributed by atoms with Crippen molar-refractivity contribution in [3.8, 4) is 0 Å². The molecule has 2 nitrogen and oxygen atoms in total. The minimum absolute atomic E-state index is 0.0370. The van der Waals surface area contributed by atoms with Crippen LogP contribution in [-0.2, 0) is 0 Å². The van der Waals surface area contributed by atoms with Gasteiger partial charge in [0.1, 0.15) is 0 Å². The fourth-order valence-corrected chi connectivity index (χ4v) is 1.42. The molecule has 0 aliphatic heterocycles. The number of rotatable bonds is 4. The summed E-state index contributed by atoms with van der Waals surface area (Å²) in [6, 6.07) is 0. The Morgan fingerprint density at radius 1 is 0.667 bits per heavy atom. The largest absolute Gasteiger partial charge is 0.392 e. The van der Waals surface area contributed by atoms with Crippen LogP contribution >= 0.6 is 0 Å². The van der Waals surface area contributed by atoms with Crippen molar-refractivity contribution in [2.45, 2.75) is 46.8 Å². The van der Waals surface area contributed by atoms with Gasteiger partial charge < -0.3 is 10.2 Å². The van der Waals surface area contributed by atoms with Crippen molar-refractivity contribution in [3.05, 3.63) is 0 Å². The highest BCUT2D eigenvalue weighted by atomic mass is 16.3. The Bertz CT molecular complexity index is 107. The fraction of sp³-hybridized carbons (Fsp3) is 1.00. The molecule has 0 aromatic rings. The van der Waals surface area contributed by atoms with Gasteiger partial charge in [0.05, 0.1) is 12.2 Å². The summed E-state index contributed by atoms with van der Waals surface area (Å²) in [7, 11) is 0. The molecule has 0 fully saturated rings. The van der Waals surface area contributed by atoms with Gasteiger partial charge in [-0.2, -0.15) is 0 Å². The minimum atomic E-state index is -0.401. The monoisotopic (exact) mass is 174 g/mol. The molecule has 0 aromatic heterocycles. The molecule has 2 N–H and O–H groups in total. The van der Waals surface area contributed by atoms with E-state index in [9.17, 15) is 10.2 Å². The average Bonchev–Trinajstić information content (AvgIpc) is 2.00. The van der Waals surface area contributed by atoms with Crippen LogP contribution in [0.25, 0.3) is 0 Å². The zero-order valence-corrected chi connectivity index (χ0v) is 8.78.